The Balaban J connectivity index is 2.40. The molecule has 2 rings (SSSR count). The minimum Gasteiger partial charge on any atom is -0.207 e. The Hall–Kier alpha value is -1.30. The first-order chi connectivity index (χ1) is 9.99. The van der Waals surface area contributed by atoms with E-state index in [2.05, 4.69) is 4.72 Å². The third-order valence-electron chi connectivity index (χ3n) is 3.53. The number of hydrogen-bond donors (Lipinski definition) is 1. The molecule has 1 aliphatic rings. The van der Waals surface area contributed by atoms with Crippen LogP contribution in [0.5, 0.6) is 0 Å². The van der Waals surface area contributed by atoms with Crippen molar-refractivity contribution >= 4 is 21.6 Å². The lowest BCUT2D eigenvalue weighted by Gasteiger charge is -2.23. The van der Waals surface area contributed by atoms with E-state index in [1.165, 1.54) is 6.92 Å². The van der Waals surface area contributed by atoms with Crippen LogP contribution in [0, 0.1) is 17.2 Å². The van der Waals surface area contributed by atoms with E-state index in [-0.39, 0.29) is 5.92 Å². The SMILES string of the molecule is C[C@](C#N)(NS(=O)(=O)c1ccc(Cl)c(C(F)(F)F)c1)C1CC1. The van der Waals surface area contributed by atoms with Gasteiger partial charge in [-0.2, -0.15) is 23.2 Å². The molecular weight excluding hydrogens is 341 g/mol. The third-order valence-corrected chi connectivity index (χ3v) is 5.42. The summed E-state index contributed by atoms with van der Waals surface area (Å²) in [5.74, 6) is -0.137. The zero-order chi connectivity index (χ0) is 16.8. The monoisotopic (exact) mass is 352 g/mol. The molecule has 0 unspecified atom stereocenters. The molecule has 0 radical (unpaired) electrons. The molecule has 22 heavy (non-hydrogen) atoms. The maximum atomic E-state index is 12.8. The predicted molar refractivity (Wildman–Crippen MR) is 73.5 cm³/mol. The predicted octanol–water partition coefficient (Wildman–Crippen LogP) is 3.33. The van der Waals surface area contributed by atoms with Gasteiger partial charge in [0.15, 0.2) is 0 Å². The summed E-state index contributed by atoms with van der Waals surface area (Å²) in [6.45, 7) is 1.42. The van der Waals surface area contributed by atoms with E-state index in [1.807, 2.05) is 6.07 Å². The Bertz CT molecular complexity index is 739. The zero-order valence-electron chi connectivity index (χ0n) is 11.4. The summed E-state index contributed by atoms with van der Waals surface area (Å²) in [4.78, 5) is -0.577. The summed E-state index contributed by atoms with van der Waals surface area (Å²) in [5.41, 5.74) is -2.57. The maximum Gasteiger partial charge on any atom is 0.417 e. The van der Waals surface area contributed by atoms with Crippen molar-refractivity contribution in [2.75, 3.05) is 0 Å². The van der Waals surface area contributed by atoms with Crippen LogP contribution in [0.3, 0.4) is 0 Å². The van der Waals surface area contributed by atoms with Gasteiger partial charge in [-0.05, 0) is 43.9 Å². The normalized spacial score (nSPS) is 18.5. The van der Waals surface area contributed by atoms with Crippen molar-refractivity contribution in [3.63, 3.8) is 0 Å². The third kappa shape index (κ3) is 3.37. The van der Waals surface area contributed by atoms with Crippen molar-refractivity contribution in [2.45, 2.75) is 36.4 Å². The molecule has 1 N–H and O–H groups in total. The van der Waals surface area contributed by atoms with Crippen molar-refractivity contribution in [3.8, 4) is 6.07 Å². The average molecular weight is 353 g/mol. The van der Waals surface area contributed by atoms with Gasteiger partial charge < -0.3 is 0 Å². The van der Waals surface area contributed by atoms with Gasteiger partial charge in [0.05, 0.1) is 21.6 Å². The molecule has 0 aromatic heterocycles. The van der Waals surface area contributed by atoms with Crippen LogP contribution in [-0.4, -0.2) is 14.0 Å². The number of nitrogens with one attached hydrogen (secondary N) is 1. The van der Waals surface area contributed by atoms with Crippen LogP contribution < -0.4 is 4.72 Å². The second-order valence-corrected chi connectivity index (χ2v) is 7.42. The molecule has 0 amide bonds. The fourth-order valence-corrected chi connectivity index (χ4v) is 3.72. The molecule has 0 bridgehead atoms. The highest BCUT2D eigenvalue weighted by Crippen LogP contribution is 2.40. The van der Waals surface area contributed by atoms with Crippen molar-refractivity contribution in [1.82, 2.24) is 4.72 Å². The molecule has 1 atom stereocenters. The van der Waals surface area contributed by atoms with E-state index in [1.54, 1.807) is 0 Å². The van der Waals surface area contributed by atoms with E-state index in [0.717, 1.165) is 12.1 Å². The van der Waals surface area contributed by atoms with Gasteiger partial charge >= 0.3 is 6.18 Å². The van der Waals surface area contributed by atoms with Crippen molar-refractivity contribution < 1.29 is 21.6 Å². The number of benzene rings is 1. The maximum absolute atomic E-state index is 12.8. The van der Waals surface area contributed by atoms with Gasteiger partial charge in [0.1, 0.15) is 5.54 Å². The first kappa shape index (κ1) is 17.1. The molecule has 0 saturated heterocycles. The molecule has 1 saturated carbocycles. The Morgan fingerprint density at radius 3 is 2.41 bits per heavy atom. The Labute approximate surface area is 130 Å². The van der Waals surface area contributed by atoms with Gasteiger partial charge in [-0.25, -0.2) is 8.42 Å². The number of rotatable bonds is 4. The van der Waals surface area contributed by atoms with Gasteiger partial charge in [0, 0.05) is 0 Å². The largest absolute Gasteiger partial charge is 0.417 e. The van der Waals surface area contributed by atoms with Crippen LogP contribution in [-0.2, 0) is 16.2 Å². The lowest BCUT2D eigenvalue weighted by molar-refractivity contribution is -0.137. The van der Waals surface area contributed by atoms with Gasteiger partial charge in [-0.15, -0.1) is 0 Å². The molecule has 0 aliphatic heterocycles. The molecule has 1 aromatic carbocycles. The van der Waals surface area contributed by atoms with Crippen LogP contribution in [0.15, 0.2) is 23.1 Å². The number of nitrogens with zero attached hydrogens (tertiary/aromatic N) is 1. The van der Waals surface area contributed by atoms with Gasteiger partial charge in [0.2, 0.25) is 10.0 Å². The standard InChI is InChI=1S/C13H12ClF3N2O2S/c1-12(7-18,8-2-3-8)19-22(20,21)9-4-5-11(14)10(6-9)13(15,16)17/h4-6,8,19H,2-3H2,1H3/t12-/m1/s1. The molecule has 120 valence electrons. The van der Waals surface area contributed by atoms with Crippen LogP contribution >= 0.6 is 11.6 Å². The molecule has 1 aliphatic carbocycles. The van der Waals surface area contributed by atoms with E-state index in [9.17, 15) is 21.6 Å². The summed E-state index contributed by atoms with van der Waals surface area (Å²) in [6.07, 6.45) is -3.38. The molecular formula is C13H12ClF3N2O2S. The Morgan fingerprint density at radius 2 is 1.95 bits per heavy atom. The van der Waals surface area contributed by atoms with E-state index in [4.69, 9.17) is 16.9 Å². The summed E-state index contributed by atoms with van der Waals surface area (Å²) < 4.78 is 65.1. The van der Waals surface area contributed by atoms with Crippen LogP contribution in [0.1, 0.15) is 25.3 Å². The number of halogens is 4. The second-order valence-electron chi connectivity index (χ2n) is 5.33. The number of sulfonamides is 1. The molecule has 9 heteroatoms. The second kappa shape index (κ2) is 5.41. The lowest BCUT2D eigenvalue weighted by atomic mass is 10.0. The number of hydrogen-bond acceptors (Lipinski definition) is 3. The first-order valence-corrected chi connectivity index (χ1v) is 8.18. The van der Waals surface area contributed by atoms with Crippen LogP contribution in [0.25, 0.3) is 0 Å². The minimum absolute atomic E-state index is 0.137. The highest BCUT2D eigenvalue weighted by molar-refractivity contribution is 7.89. The molecule has 1 aromatic rings. The lowest BCUT2D eigenvalue weighted by Crippen LogP contribution is -2.46. The number of nitriles is 1. The van der Waals surface area contributed by atoms with Crippen LogP contribution in [0.2, 0.25) is 5.02 Å². The summed E-state index contributed by atoms with van der Waals surface area (Å²) >= 11 is 5.46. The quantitative estimate of drug-likeness (QED) is 0.903. The highest BCUT2D eigenvalue weighted by Gasteiger charge is 2.45. The van der Waals surface area contributed by atoms with Crippen molar-refractivity contribution in [1.29, 1.82) is 5.26 Å². The van der Waals surface area contributed by atoms with E-state index >= 15 is 0 Å². The average Bonchev–Trinajstić information content (AvgIpc) is 3.21. The molecule has 1 fully saturated rings. The van der Waals surface area contributed by atoms with Crippen molar-refractivity contribution in [3.05, 3.63) is 28.8 Å². The van der Waals surface area contributed by atoms with E-state index in [0.29, 0.717) is 18.9 Å². The fraction of sp³-hybridized carbons (Fsp3) is 0.462. The molecule has 4 nitrogen and oxygen atoms in total. The summed E-state index contributed by atoms with van der Waals surface area (Å²) in [6, 6.07) is 4.20. The Kier molecular flexibility index (Phi) is 4.19. The smallest absolute Gasteiger partial charge is 0.207 e. The van der Waals surface area contributed by atoms with Gasteiger partial charge in [0.25, 0.3) is 0 Å². The molecule has 0 heterocycles. The van der Waals surface area contributed by atoms with Gasteiger partial charge in [-0.1, -0.05) is 11.6 Å². The topological polar surface area (TPSA) is 70.0 Å². The fourth-order valence-electron chi connectivity index (χ4n) is 2.08. The summed E-state index contributed by atoms with van der Waals surface area (Å²) in [5, 5.41) is 8.57. The van der Waals surface area contributed by atoms with Crippen LogP contribution in [0.4, 0.5) is 13.2 Å². The highest BCUT2D eigenvalue weighted by atomic mass is 35.5. The van der Waals surface area contributed by atoms with Crippen molar-refractivity contribution in [2.24, 2.45) is 5.92 Å². The Morgan fingerprint density at radius 1 is 1.36 bits per heavy atom. The first-order valence-electron chi connectivity index (χ1n) is 6.31. The van der Waals surface area contributed by atoms with Gasteiger partial charge in [-0.3, -0.25) is 0 Å². The van der Waals surface area contributed by atoms with E-state index < -0.39 is 37.2 Å². The number of alkyl halides is 3. The zero-order valence-corrected chi connectivity index (χ0v) is 13.0. The molecule has 0 spiro atoms. The summed E-state index contributed by atoms with van der Waals surface area (Å²) in [7, 11) is -4.27. The minimum atomic E-state index is -4.77.